The molecular weight excluding hydrogens is 240 g/mol. The number of carbonyl (C=O) groups is 2. The zero-order valence-electron chi connectivity index (χ0n) is 13.3. The number of nitrogens with one attached hydrogen (secondary N) is 1. The summed E-state index contributed by atoms with van der Waals surface area (Å²) < 4.78 is 0. The van der Waals surface area contributed by atoms with Crippen molar-refractivity contribution in [2.45, 2.75) is 72.5 Å². The summed E-state index contributed by atoms with van der Waals surface area (Å²) in [5.41, 5.74) is -0.758. The summed E-state index contributed by atoms with van der Waals surface area (Å²) in [7, 11) is 0. The first-order valence-electron chi connectivity index (χ1n) is 7.30. The molecule has 0 aliphatic carbocycles. The Morgan fingerprint density at radius 3 is 2.11 bits per heavy atom. The predicted octanol–water partition coefficient (Wildman–Crippen LogP) is 2.18. The number of nitrogens with zero attached hydrogens (tertiary/aromatic N) is 1. The van der Waals surface area contributed by atoms with Crippen LogP contribution in [0.1, 0.15) is 54.9 Å². The molecule has 1 rings (SSSR count). The maximum absolute atomic E-state index is 12.8. The van der Waals surface area contributed by atoms with Crippen molar-refractivity contribution in [2.75, 3.05) is 0 Å². The van der Waals surface area contributed by atoms with Crippen molar-refractivity contribution in [3.05, 3.63) is 0 Å². The van der Waals surface area contributed by atoms with Gasteiger partial charge >= 0.3 is 0 Å². The molecule has 0 saturated carbocycles. The van der Waals surface area contributed by atoms with E-state index in [0.29, 0.717) is 12.3 Å². The summed E-state index contributed by atoms with van der Waals surface area (Å²) in [5.74, 6) is 0.477. The minimum absolute atomic E-state index is 0.0218. The Morgan fingerprint density at radius 1 is 1.21 bits per heavy atom. The Balaban J connectivity index is 3.22. The van der Waals surface area contributed by atoms with E-state index in [1.54, 1.807) is 0 Å². The molecule has 0 bridgehead atoms. The Labute approximate surface area is 116 Å². The second-order valence-corrected chi connectivity index (χ2v) is 6.56. The zero-order valence-corrected chi connectivity index (χ0v) is 13.3. The van der Waals surface area contributed by atoms with Gasteiger partial charge in [-0.25, -0.2) is 0 Å². The summed E-state index contributed by atoms with van der Waals surface area (Å²) in [6.45, 7) is 14.0. The fraction of sp³-hybridized carbons (Fsp3) is 0.867. The predicted molar refractivity (Wildman–Crippen MR) is 76.6 cm³/mol. The molecule has 0 radical (unpaired) electrons. The van der Waals surface area contributed by atoms with E-state index in [2.05, 4.69) is 19.2 Å². The molecule has 1 fully saturated rings. The number of carbonyl (C=O) groups excluding carboxylic acids is 2. The van der Waals surface area contributed by atoms with Crippen LogP contribution in [0.15, 0.2) is 0 Å². The molecule has 110 valence electrons. The van der Waals surface area contributed by atoms with Crippen LogP contribution in [0.25, 0.3) is 0 Å². The number of hydrogen-bond donors (Lipinski definition) is 1. The van der Waals surface area contributed by atoms with Crippen molar-refractivity contribution in [2.24, 2.45) is 11.8 Å². The van der Waals surface area contributed by atoms with Crippen LogP contribution in [0.5, 0.6) is 0 Å². The van der Waals surface area contributed by atoms with Crippen molar-refractivity contribution in [1.29, 1.82) is 0 Å². The van der Waals surface area contributed by atoms with Crippen LogP contribution in [0.4, 0.5) is 0 Å². The van der Waals surface area contributed by atoms with Gasteiger partial charge in [-0.1, -0.05) is 34.6 Å². The minimum atomic E-state index is -0.758. The van der Waals surface area contributed by atoms with Gasteiger partial charge in [0.15, 0.2) is 0 Å². The van der Waals surface area contributed by atoms with Crippen LogP contribution in [0.3, 0.4) is 0 Å². The lowest BCUT2D eigenvalue weighted by molar-refractivity contribution is -0.160. The molecule has 0 spiro atoms. The summed E-state index contributed by atoms with van der Waals surface area (Å²) in [4.78, 5) is 27.0. The Hall–Kier alpha value is -1.06. The maximum Gasteiger partial charge on any atom is 0.248 e. The van der Waals surface area contributed by atoms with Crippen LogP contribution in [0.2, 0.25) is 0 Å². The van der Waals surface area contributed by atoms with E-state index in [9.17, 15) is 9.59 Å². The lowest BCUT2D eigenvalue weighted by Crippen LogP contribution is -2.72. The van der Waals surface area contributed by atoms with Crippen LogP contribution in [-0.2, 0) is 9.59 Å². The molecule has 1 aliphatic heterocycles. The van der Waals surface area contributed by atoms with E-state index in [1.807, 2.05) is 39.5 Å². The monoisotopic (exact) mass is 268 g/mol. The molecule has 1 aliphatic rings. The molecule has 1 N–H and O–H groups in total. The normalized spacial score (nSPS) is 29.9. The smallest absolute Gasteiger partial charge is 0.248 e. The molecule has 1 saturated heterocycles. The van der Waals surface area contributed by atoms with Gasteiger partial charge in [0.25, 0.3) is 0 Å². The Kier molecular flexibility index (Phi) is 4.64. The van der Waals surface area contributed by atoms with Gasteiger partial charge in [0.05, 0.1) is 0 Å². The lowest BCUT2D eigenvalue weighted by Gasteiger charge is -2.49. The van der Waals surface area contributed by atoms with Crippen LogP contribution in [-0.4, -0.2) is 34.3 Å². The van der Waals surface area contributed by atoms with Crippen LogP contribution < -0.4 is 5.32 Å². The summed E-state index contributed by atoms with van der Waals surface area (Å²) in [6, 6.07) is -0.290. The van der Waals surface area contributed by atoms with Crippen LogP contribution >= 0.6 is 0 Å². The van der Waals surface area contributed by atoms with Gasteiger partial charge in [-0.15, -0.1) is 0 Å². The highest BCUT2D eigenvalue weighted by Gasteiger charge is 2.49. The van der Waals surface area contributed by atoms with Gasteiger partial charge in [-0.3, -0.25) is 9.59 Å². The fourth-order valence-corrected chi connectivity index (χ4v) is 2.56. The SMILES string of the molecule is CCC1(C)NC(=O)C(C(C)C)N(C(C)C(C)C)C1=O. The number of amides is 2. The van der Waals surface area contributed by atoms with Gasteiger partial charge in [0.2, 0.25) is 11.8 Å². The third kappa shape index (κ3) is 2.77. The number of piperazine rings is 1. The van der Waals surface area contributed by atoms with Gasteiger partial charge in [0.1, 0.15) is 11.6 Å². The van der Waals surface area contributed by atoms with Crippen molar-refractivity contribution in [1.82, 2.24) is 10.2 Å². The molecule has 4 nitrogen and oxygen atoms in total. The van der Waals surface area contributed by atoms with Crippen molar-refractivity contribution in [3.63, 3.8) is 0 Å². The standard InChI is InChI=1S/C15H28N2O2/c1-8-15(7)14(19)17(11(6)9(2)3)12(10(4)5)13(18)16-15/h9-12H,8H2,1-7H3,(H,16,18). The van der Waals surface area contributed by atoms with Crippen molar-refractivity contribution in [3.8, 4) is 0 Å². The second kappa shape index (κ2) is 5.51. The van der Waals surface area contributed by atoms with Gasteiger partial charge in [-0.05, 0) is 32.1 Å². The molecule has 4 heteroatoms. The second-order valence-electron chi connectivity index (χ2n) is 6.56. The molecule has 3 atom stereocenters. The van der Waals surface area contributed by atoms with E-state index in [-0.39, 0.29) is 29.8 Å². The summed E-state index contributed by atoms with van der Waals surface area (Å²) in [6.07, 6.45) is 0.615. The third-order valence-corrected chi connectivity index (χ3v) is 4.42. The first-order valence-corrected chi connectivity index (χ1v) is 7.30. The van der Waals surface area contributed by atoms with E-state index in [4.69, 9.17) is 0 Å². The molecule has 19 heavy (non-hydrogen) atoms. The molecule has 2 amide bonds. The largest absolute Gasteiger partial charge is 0.340 e. The molecule has 0 aromatic rings. The average Bonchev–Trinajstić information content (AvgIpc) is 2.31. The number of rotatable bonds is 4. The summed E-state index contributed by atoms with van der Waals surface area (Å²) >= 11 is 0. The fourth-order valence-electron chi connectivity index (χ4n) is 2.56. The van der Waals surface area contributed by atoms with E-state index < -0.39 is 5.54 Å². The average molecular weight is 268 g/mol. The van der Waals surface area contributed by atoms with Gasteiger partial charge < -0.3 is 10.2 Å². The number of hydrogen-bond acceptors (Lipinski definition) is 2. The highest BCUT2D eigenvalue weighted by molar-refractivity contribution is 5.99. The first-order chi connectivity index (χ1) is 8.65. The zero-order chi connectivity index (χ0) is 15.0. The lowest BCUT2D eigenvalue weighted by atomic mass is 9.86. The Morgan fingerprint density at radius 2 is 1.74 bits per heavy atom. The molecule has 3 unspecified atom stereocenters. The van der Waals surface area contributed by atoms with Crippen molar-refractivity contribution < 1.29 is 9.59 Å². The van der Waals surface area contributed by atoms with E-state index in [0.717, 1.165) is 0 Å². The minimum Gasteiger partial charge on any atom is -0.340 e. The van der Waals surface area contributed by atoms with Crippen LogP contribution in [0, 0.1) is 11.8 Å². The molecular formula is C15H28N2O2. The highest BCUT2D eigenvalue weighted by Crippen LogP contribution is 2.29. The first kappa shape index (κ1) is 16.0. The molecule has 0 aromatic carbocycles. The van der Waals surface area contributed by atoms with E-state index in [1.165, 1.54) is 0 Å². The molecule has 1 heterocycles. The molecule has 0 aromatic heterocycles. The summed E-state index contributed by atoms with van der Waals surface area (Å²) in [5, 5.41) is 2.92. The van der Waals surface area contributed by atoms with Crippen molar-refractivity contribution >= 4 is 11.8 Å². The quantitative estimate of drug-likeness (QED) is 0.849. The Bertz CT molecular complexity index is 365. The third-order valence-electron chi connectivity index (χ3n) is 4.42. The maximum atomic E-state index is 12.8. The van der Waals surface area contributed by atoms with Gasteiger partial charge in [-0.2, -0.15) is 0 Å². The van der Waals surface area contributed by atoms with Gasteiger partial charge in [0, 0.05) is 6.04 Å². The topological polar surface area (TPSA) is 49.4 Å². The van der Waals surface area contributed by atoms with E-state index >= 15 is 0 Å². The highest BCUT2D eigenvalue weighted by atomic mass is 16.2.